The van der Waals surface area contributed by atoms with Gasteiger partial charge in [0.05, 0.1) is 26.0 Å². The van der Waals surface area contributed by atoms with Crippen molar-refractivity contribution in [3.8, 4) is 11.5 Å². The van der Waals surface area contributed by atoms with Gasteiger partial charge in [-0.15, -0.1) is 11.3 Å². The van der Waals surface area contributed by atoms with Crippen LogP contribution in [0, 0.1) is 12.8 Å². The lowest BCUT2D eigenvalue weighted by Crippen LogP contribution is -2.31. The highest BCUT2D eigenvalue weighted by Gasteiger charge is 2.20. The predicted octanol–water partition coefficient (Wildman–Crippen LogP) is 4.11. The molecule has 0 unspecified atom stereocenters. The van der Waals surface area contributed by atoms with E-state index in [9.17, 15) is 9.59 Å². The van der Waals surface area contributed by atoms with Crippen molar-refractivity contribution in [1.29, 1.82) is 0 Å². The lowest BCUT2D eigenvalue weighted by molar-refractivity contribution is -0.124. The SMILES string of the molecule is COc1ccc(OC)c([C@H](C)NC(=O)COC(=O)c2cc3c(C)nn(CC(C)C)c3s2)c1. The molecule has 1 atom stereocenters. The molecule has 0 spiro atoms. The molecular weight excluding hydrogens is 430 g/mol. The first kappa shape index (κ1) is 23.6. The monoisotopic (exact) mass is 459 g/mol. The molecule has 2 heterocycles. The predicted molar refractivity (Wildman–Crippen MR) is 124 cm³/mol. The van der Waals surface area contributed by atoms with Gasteiger partial charge in [-0.1, -0.05) is 13.8 Å². The number of rotatable bonds is 9. The fourth-order valence-corrected chi connectivity index (χ4v) is 4.49. The van der Waals surface area contributed by atoms with Crippen molar-refractivity contribution < 1.29 is 23.8 Å². The van der Waals surface area contributed by atoms with Gasteiger partial charge in [0, 0.05) is 17.5 Å². The minimum absolute atomic E-state index is 0.361. The second kappa shape index (κ2) is 10.0. The largest absolute Gasteiger partial charge is 0.497 e. The minimum atomic E-state index is -0.525. The summed E-state index contributed by atoms with van der Waals surface area (Å²) >= 11 is 1.33. The number of benzene rings is 1. The highest BCUT2D eigenvalue weighted by molar-refractivity contribution is 7.20. The molecule has 2 aromatic heterocycles. The number of nitrogens with one attached hydrogen (secondary N) is 1. The van der Waals surface area contributed by atoms with Gasteiger partial charge in [0.25, 0.3) is 5.91 Å². The van der Waals surface area contributed by atoms with E-state index in [2.05, 4.69) is 24.3 Å². The van der Waals surface area contributed by atoms with E-state index >= 15 is 0 Å². The standard InChI is InChI=1S/C23H29N3O5S/c1-13(2)11-26-22-18(15(4)25-26)10-20(32-22)23(28)31-12-21(27)24-14(3)17-9-16(29-5)7-8-19(17)30-6/h7-10,13-14H,11-12H2,1-6H3,(H,24,27)/t14-/m0/s1. The zero-order valence-electron chi connectivity index (χ0n) is 19.2. The van der Waals surface area contributed by atoms with Crippen LogP contribution in [-0.4, -0.2) is 42.5 Å². The fourth-order valence-electron chi connectivity index (χ4n) is 3.42. The van der Waals surface area contributed by atoms with Crippen molar-refractivity contribution in [2.45, 2.75) is 40.3 Å². The van der Waals surface area contributed by atoms with Gasteiger partial charge in [-0.3, -0.25) is 9.48 Å². The third-order valence-corrected chi connectivity index (χ3v) is 6.09. The van der Waals surface area contributed by atoms with Crippen LogP contribution in [0.2, 0.25) is 0 Å². The molecule has 1 aromatic carbocycles. The summed E-state index contributed by atoms with van der Waals surface area (Å²) in [5, 5.41) is 8.31. The molecule has 1 N–H and O–H groups in total. The van der Waals surface area contributed by atoms with E-state index in [-0.39, 0.29) is 12.6 Å². The van der Waals surface area contributed by atoms with Crippen molar-refractivity contribution in [2.75, 3.05) is 20.8 Å². The molecule has 0 saturated heterocycles. The number of aromatic nitrogens is 2. The zero-order valence-corrected chi connectivity index (χ0v) is 20.0. The molecule has 0 fully saturated rings. The van der Waals surface area contributed by atoms with E-state index in [1.807, 2.05) is 18.5 Å². The Hall–Kier alpha value is -3.07. The number of esters is 1. The second-order valence-corrected chi connectivity index (χ2v) is 8.99. The first-order valence-corrected chi connectivity index (χ1v) is 11.2. The summed E-state index contributed by atoms with van der Waals surface area (Å²) in [5.41, 5.74) is 1.64. The van der Waals surface area contributed by atoms with E-state index in [1.54, 1.807) is 38.5 Å². The summed E-state index contributed by atoms with van der Waals surface area (Å²) in [6, 6.07) is 6.78. The summed E-state index contributed by atoms with van der Waals surface area (Å²) in [6.07, 6.45) is 0. The number of thiophene rings is 1. The van der Waals surface area contributed by atoms with Gasteiger partial charge < -0.3 is 19.5 Å². The molecule has 0 saturated carbocycles. The maximum Gasteiger partial charge on any atom is 0.348 e. The Morgan fingerprint density at radius 1 is 1.16 bits per heavy atom. The third-order valence-electron chi connectivity index (χ3n) is 4.96. The Balaban J connectivity index is 1.63. The summed E-state index contributed by atoms with van der Waals surface area (Å²) in [4.78, 5) is 26.3. The maximum atomic E-state index is 12.5. The quantitative estimate of drug-likeness (QED) is 0.484. The van der Waals surface area contributed by atoms with Gasteiger partial charge >= 0.3 is 5.97 Å². The van der Waals surface area contributed by atoms with Crippen LogP contribution in [0.25, 0.3) is 10.2 Å². The van der Waals surface area contributed by atoms with E-state index in [0.717, 1.165) is 28.0 Å². The topological polar surface area (TPSA) is 91.7 Å². The molecule has 3 aromatic rings. The first-order valence-electron chi connectivity index (χ1n) is 10.4. The van der Waals surface area contributed by atoms with Crippen LogP contribution in [0.15, 0.2) is 24.3 Å². The lowest BCUT2D eigenvalue weighted by Gasteiger charge is -2.18. The number of hydrogen-bond donors (Lipinski definition) is 1. The number of fused-ring (bicyclic) bond motifs is 1. The third kappa shape index (κ3) is 5.21. The molecule has 172 valence electrons. The van der Waals surface area contributed by atoms with Crippen molar-refractivity contribution in [1.82, 2.24) is 15.1 Å². The molecule has 32 heavy (non-hydrogen) atoms. The van der Waals surface area contributed by atoms with Gasteiger partial charge in [-0.25, -0.2) is 4.79 Å². The van der Waals surface area contributed by atoms with Crippen molar-refractivity contribution >= 4 is 33.4 Å². The smallest absolute Gasteiger partial charge is 0.348 e. The Kier molecular flexibility index (Phi) is 7.40. The molecule has 1 amide bonds. The number of aryl methyl sites for hydroxylation is 1. The Labute approximate surface area is 191 Å². The average Bonchev–Trinajstić information content (AvgIpc) is 3.32. The number of carbonyl (C=O) groups is 2. The van der Waals surface area contributed by atoms with Crippen LogP contribution in [0.3, 0.4) is 0 Å². The summed E-state index contributed by atoms with van der Waals surface area (Å²) < 4.78 is 17.8. The number of hydrogen-bond acceptors (Lipinski definition) is 7. The van der Waals surface area contributed by atoms with Gasteiger partial charge in [-0.2, -0.15) is 5.10 Å². The molecule has 0 aliphatic heterocycles. The molecule has 0 aliphatic rings. The van der Waals surface area contributed by atoms with E-state index < -0.39 is 11.9 Å². The number of nitrogens with zero attached hydrogens (tertiary/aromatic N) is 2. The minimum Gasteiger partial charge on any atom is -0.497 e. The maximum absolute atomic E-state index is 12.5. The number of ether oxygens (including phenoxy) is 3. The van der Waals surface area contributed by atoms with Crippen LogP contribution < -0.4 is 14.8 Å². The Morgan fingerprint density at radius 3 is 2.56 bits per heavy atom. The number of methoxy groups -OCH3 is 2. The molecule has 0 bridgehead atoms. The summed E-state index contributed by atoms with van der Waals surface area (Å²) in [7, 11) is 3.14. The van der Waals surface area contributed by atoms with Crippen LogP contribution in [0.1, 0.15) is 47.7 Å². The molecular formula is C23H29N3O5S. The van der Waals surface area contributed by atoms with Crippen LogP contribution >= 0.6 is 11.3 Å². The average molecular weight is 460 g/mol. The van der Waals surface area contributed by atoms with E-state index in [1.165, 1.54) is 11.3 Å². The highest BCUT2D eigenvalue weighted by Crippen LogP contribution is 2.30. The Morgan fingerprint density at radius 2 is 1.91 bits per heavy atom. The zero-order chi connectivity index (χ0) is 23.4. The summed E-state index contributed by atoms with van der Waals surface area (Å²) in [5.74, 6) is 0.794. The molecule has 8 nitrogen and oxygen atoms in total. The van der Waals surface area contributed by atoms with Crippen LogP contribution in [0.5, 0.6) is 11.5 Å². The molecule has 0 aliphatic carbocycles. The first-order chi connectivity index (χ1) is 15.2. The van der Waals surface area contributed by atoms with Crippen LogP contribution in [0.4, 0.5) is 0 Å². The summed E-state index contributed by atoms with van der Waals surface area (Å²) in [6.45, 7) is 8.38. The van der Waals surface area contributed by atoms with E-state index in [0.29, 0.717) is 22.3 Å². The number of amides is 1. The van der Waals surface area contributed by atoms with Gasteiger partial charge in [-0.05, 0) is 44.0 Å². The molecule has 9 heteroatoms. The second-order valence-electron chi connectivity index (χ2n) is 7.96. The lowest BCUT2D eigenvalue weighted by atomic mass is 10.1. The van der Waals surface area contributed by atoms with Gasteiger partial charge in [0.15, 0.2) is 6.61 Å². The fraction of sp³-hybridized carbons (Fsp3) is 0.435. The number of carbonyl (C=O) groups excluding carboxylic acids is 2. The van der Waals surface area contributed by atoms with Gasteiger partial charge in [0.2, 0.25) is 0 Å². The molecule has 3 rings (SSSR count). The normalized spacial score (nSPS) is 12.1. The Bertz CT molecular complexity index is 1120. The molecule has 0 radical (unpaired) electrons. The van der Waals surface area contributed by atoms with Gasteiger partial charge in [0.1, 0.15) is 21.2 Å². The van der Waals surface area contributed by atoms with Crippen molar-refractivity contribution in [3.63, 3.8) is 0 Å². The van der Waals surface area contributed by atoms with Crippen LogP contribution in [-0.2, 0) is 16.1 Å². The highest BCUT2D eigenvalue weighted by atomic mass is 32.1. The van der Waals surface area contributed by atoms with Crippen molar-refractivity contribution in [3.05, 3.63) is 40.4 Å². The van der Waals surface area contributed by atoms with Crippen molar-refractivity contribution in [2.24, 2.45) is 5.92 Å². The van der Waals surface area contributed by atoms with E-state index in [4.69, 9.17) is 14.2 Å².